The Balaban J connectivity index is 2.10. The van der Waals surface area contributed by atoms with Crippen LogP contribution in [-0.4, -0.2) is 43.6 Å². The molecule has 1 saturated heterocycles. The van der Waals surface area contributed by atoms with Gasteiger partial charge in [0.15, 0.2) is 5.96 Å². The lowest BCUT2D eigenvalue weighted by Gasteiger charge is -2.17. The summed E-state index contributed by atoms with van der Waals surface area (Å²) in [5, 5.41) is 3.22. The first-order valence-corrected chi connectivity index (χ1v) is 8.38. The van der Waals surface area contributed by atoms with E-state index in [1.165, 1.54) is 51.7 Å². The van der Waals surface area contributed by atoms with E-state index in [-0.39, 0.29) is 0 Å². The van der Waals surface area contributed by atoms with Crippen LogP contribution in [0.4, 0.5) is 0 Å². The fourth-order valence-corrected chi connectivity index (χ4v) is 2.80. The zero-order valence-electron chi connectivity index (χ0n) is 13.7. The molecule has 1 rings (SSSR count). The van der Waals surface area contributed by atoms with Crippen LogP contribution in [0.5, 0.6) is 0 Å². The molecule has 0 amide bonds. The van der Waals surface area contributed by atoms with Gasteiger partial charge in [0, 0.05) is 26.2 Å². The number of nitrogens with one attached hydrogen (secondary N) is 1. The minimum atomic E-state index is 0.629. The van der Waals surface area contributed by atoms with Crippen LogP contribution in [-0.2, 0) is 0 Å². The number of rotatable bonds is 9. The molecule has 0 aromatic carbocycles. The van der Waals surface area contributed by atoms with Gasteiger partial charge in [0.1, 0.15) is 0 Å². The summed E-state index contributed by atoms with van der Waals surface area (Å²) in [6, 6.07) is 0. The Morgan fingerprint density at radius 2 is 2.15 bits per heavy atom. The summed E-state index contributed by atoms with van der Waals surface area (Å²) < 4.78 is 0. The summed E-state index contributed by atoms with van der Waals surface area (Å²) in [7, 11) is 0. The molecule has 1 heterocycles. The van der Waals surface area contributed by atoms with Gasteiger partial charge >= 0.3 is 0 Å². The Hall–Kier alpha value is -0.770. The molecule has 118 valence electrons. The second kappa shape index (κ2) is 10.0. The van der Waals surface area contributed by atoms with E-state index in [1.807, 2.05) is 0 Å². The van der Waals surface area contributed by atoms with E-state index < -0.39 is 0 Å². The predicted octanol–water partition coefficient (Wildman–Crippen LogP) is 2.45. The van der Waals surface area contributed by atoms with Crippen LogP contribution < -0.4 is 11.1 Å². The Bertz CT molecular complexity index is 276. The lowest BCUT2D eigenvalue weighted by Crippen LogP contribution is -2.33. The maximum Gasteiger partial charge on any atom is 0.188 e. The van der Waals surface area contributed by atoms with Gasteiger partial charge in [-0.25, -0.2) is 0 Å². The van der Waals surface area contributed by atoms with Crippen molar-refractivity contribution in [3.05, 3.63) is 0 Å². The molecule has 1 aliphatic heterocycles. The molecule has 4 nitrogen and oxygen atoms in total. The normalized spacial score (nSPS) is 20.8. The summed E-state index contributed by atoms with van der Waals surface area (Å²) in [6.07, 6.45) is 6.32. The van der Waals surface area contributed by atoms with E-state index in [4.69, 9.17) is 5.73 Å². The van der Waals surface area contributed by atoms with E-state index >= 15 is 0 Å². The molecule has 1 atom stereocenters. The van der Waals surface area contributed by atoms with Crippen molar-refractivity contribution in [1.82, 2.24) is 10.2 Å². The van der Waals surface area contributed by atoms with Crippen molar-refractivity contribution in [1.29, 1.82) is 0 Å². The third kappa shape index (κ3) is 7.73. The van der Waals surface area contributed by atoms with Crippen LogP contribution in [0, 0.1) is 11.8 Å². The van der Waals surface area contributed by atoms with Gasteiger partial charge < -0.3 is 16.0 Å². The lowest BCUT2D eigenvalue weighted by atomic mass is 10.1. The van der Waals surface area contributed by atoms with E-state index in [2.05, 4.69) is 36.0 Å². The smallest absolute Gasteiger partial charge is 0.188 e. The van der Waals surface area contributed by atoms with Gasteiger partial charge in [0.25, 0.3) is 0 Å². The number of nitrogens with two attached hydrogens (primary N) is 1. The van der Waals surface area contributed by atoms with Gasteiger partial charge in [-0.1, -0.05) is 40.0 Å². The van der Waals surface area contributed by atoms with Crippen LogP contribution in [0.3, 0.4) is 0 Å². The Kier molecular flexibility index (Phi) is 8.67. The zero-order valence-corrected chi connectivity index (χ0v) is 13.7. The summed E-state index contributed by atoms with van der Waals surface area (Å²) in [4.78, 5) is 7.05. The number of likely N-dealkylation sites (tertiary alicyclic amines) is 1. The Morgan fingerprint density at radius 1 is 1.35 bits per heavy atom. The number of guanidine groups is 1. The van der Waals surface area contributed by atoms with Crippen LogP contribution in [0.15, 0.2) is 4.99 Å². The van der Waals surface area contributed by atoms with Crippen molar-refractivity contribution in [2.24, 2.45) is 22.6 Å². The van der Waals surface area contributed by atoms with Crippen LogP contribution in [0.1, 0.15) is 52.9 Å². The average Bonchev–Trinajstić information content (AvgIpc) is 2.83. The van der Waals surface area contributed by atoms with E-state index in [0.29, 0.717) is 11.9 Å². The number of hydrogen-bond donors (Lipinski definition) is 2. The van der Waals surface area contributed by atoms with E-state index in [9.17, 15) is 0 Å². The monoisotopic (exact) mass is 282 g/mol. The molecule has 20 heavy (non-hydrogen) atoms. The fraction of sp³-hybridized carbons (Fsp3) is 0.938. The SMILES string of the molecule is CCCCCCNC(N)=NCC1CCN(CC(C)C)C1. The maximum atomic E-state index is 5.91. The minimum absolute atomic E-state index is 0.629. The molecule has 1 fully saturated rings. The van der Waals surface area contributed by atoms with E-state index in [1.54, 1.807) is 0 Å². The Morgan fingerprint density at radius 3 is 2.85 bits per heavy atom. The molecule has 0 aromatic rings. The molecule has 0 spiro atoms. The van der Waals surface area contributed by atoms with Crippen LogP contribution in [0.2, 0.25) is 0 Å². The number of unbranched alkanes of at least 4 members (excludes halogenated alkanes) is 3. The fourth-order valence-electron chi connectivity index (χ4n) is 2.80. The van der Waals surface area contributed by atoms with E-state index in [0.717, 1.165) is 19.0 Å². The molecular formula is C16H34N4. The van der Waals surface area contributed by atoms with Crippen molar-refractivity contribution in [2.45, 2.75) is 52.9 Å². The quantitative estimate of drug-likeness (QED) is 0.388. The summed E-state index contributed by atoms with van der Waals surface area (Å²) in [6.45, 7) is 12.3. The molecule has 0 bridgehead atoms. The summed E-state index contributed by atoms with van der Waals surface area (Å²) in [5.74, 6) is 2.07. The molecule has 3 N–H and O–H groups in total. The van der Waals surface area contributed by atoms with Gasteiger partial charge in [-0.05, 0) is 31.2 Å². The standard InChI is InChI=1S/C16H34N4/c1-4-5-6-7-9-18-16(17)19-11-15-8-10-20(13-15)12-14(2)3/h14-15H,4-13H2,1-3H3,(H3,17,18,19). The van der Waals surface area contributed by atoms with Gasteiger partial charge in [0.05, 0.1) is 0 Å². The number of hydrogen-bond acceptors (Lipinski definition) is 2. The molecule has 0 radical (unpaired) electrons. The van der Waals surface area contributed by atoms with Gasteiger partial charge in [0.2, 0.25) is 0 Å². The van der Waals surface area contributed by atoms with Gasteiger partial charge in [-0.2, -0.15) is 0 Å². The minimum Gasteiger partial charge on any atom is -0.370 e. The molecule has 1 unspecified atom stereocenters. The first-order chi connectivity index (χ1) is 9.61. The lowest BCUT2D eigenvalue weighted by molar-refractivity contribution is 0.288. The summed E-state index contributed by atoms with van der Waals surface area (Å²) >= 11 is 0. The van der Waals surface area contributed by atoms with Crippen molar-refractivity contribution in [3.8, 4) is 0 Å². The third-order valence-electron chi connectivity index (χ3n) is 3.85. The number of aliphatic imine (C=N–C) groups is 1. The maximum absolute atomic E-state index is 5.91. The van der Waals surface area contributed by atoms with Gasteiger partial charge in [-0.15, -0.1) is 0 Å². The molecule has 0 aromatic heterocycles. The summed E-state index contributed by atoms with van der Waals surface area (Å²) in [5.41, 5.74) is 5.91. The molecule has 1 aliphatic rings. The first kappa shape index (κ1) is 17.3. The van der Waals surface area contributed by atoms with Gasteiger partial charge in [-0.3, -0.25) is 4.99 Å². The average molecular weight is 282 g/mol. The highest BCUT2D eigenvalue weighted by molar-refractivity contribution is 5.77. The van der Waals surface area contributed by atoms with Crippen molar-refractivity contribution >= 4 is 5.96 Å². The molecule has 0 aliphatic carbocycles. The second-order valence-electron chi connectivity index (χ2n) is 6.52. The van der Waals surface area contributed by atoms with Crippen molar-refractivity contribution in [3.63, 3.8) is 0 Å². The van der Waals surface area contributed by atoms with Crippen molar-refractivity contribution < 1.29 is 0 Å². The molecular weight excluding hydrogens is 248 g/mol. The largest absolute Gasteiger partial charge is 0.370 e. The highest BCUT2D eigenvalue weighted by Crippen LogP contribution is 2.17. The zero-order chi connectivity index (χ0) is 14.8. The highest BCUT2D eigenvalue weighted by Gasteiger charge is 2.22. The highest BCUT2D eigenvalue weighted by atomic mass is 15.2. The predicted molar refractivity (Wildman–Crippen MR) is 88.0 cm³/mol. The molecule has 0 saturated carbocycles. The van der Waals surface area contributed by atoms with Crippen LogP contribution in [0.25, 0.3) is 0 Å². The Labute approximate surface area is 125 Å². The topological polar surface area (TPSA) is 53.6 Å². The number of nitrogens with zero attached hydrogens (tertiary/aromatic N) is 2. The van der Waals surface area contributed by atoms with Crippen molar-refractivity contribution in [2.75, 3.05) is 32.7 Å². The third-order valence-corrected chi connectivity index (χ3v) is 3.85. The second-order valence-corrected chi connectivity index (χ2v) is 6.52. The first-order valence-electron chi connectivity index (χ1n) is 8.38. The van der Waals surface area contributed by atoms with Crippen LogP contribution >= 0.6 is 0 Å². The molecule has 4 heteroatoms.